The van der Waals surface area contributed by atoms with E-state index in [-0.39, 0.29) is 12.2 Å². The third-order valence-corrected chi connectivity index (χ3v) is 4.02. The lowest BCUT2D eigenvalue weighted by atomic mass is 10.2. The highest BCUT2D eigenvalue weighted by molar-refractivity contribution is 7.09. The van der Waals surface area contributed by atoms with E-state index in [1.807, 2.05) is 35.5 Å². The highest BCUT2D eigenvalue weighted by atomic mass is 32.1. The van der Waals surface area contributed by atoms with E-state index in [1.54, 1.807) is 30.9 Å². The third kappa shape index (κ3) is 3.17. The molecule has 22 heavy (non-hydrogen) atoms. The van der Waals surface area contributed by atoms with Crippen molar-refractivity contribution in [2.45, 2.75) is 6.42 Å². The molecule has 0 bridgehead atoms. The molecule has 0 N–H and O–H groups in total. The summed E-state index contributed by atoms with van der Waals surface area (Å²) in [6.07, 6.45) is 7.14. The van der Waals surface area contributed by atoms with Crippen molar-refractivity contribution in [3.8, 4) is 0 Å². The van der Waals surface area contributed by atoms with Gasteiger partial charge in [0.25, 0.3) is 0 Å². The topological polar surface area (TPSA) is 59.0 Å². The number of carbonyl (C=O) groups is 1. The number of ketones is 1. The number of nitrogens with zero attached hydrogens (tertiary/aromatic N) is 4. The Labute approximate surface area is 132 Å². The number of hydrogen-bond acceptors (Lipinski definition) is 6. The fourth-order valence-electron chi connectivity index (χ4n) is 2.05. The molecule has 5 nitrogen and oxygen atoms in total. The van der Waals surface area contributed by atoms with E-state index in [1.165, 1.54) is 11.3 Å². The van der Waals surface area contributed by atoms with Crippen molar-refractivity contribution >= 4 is 28.5 Å². The molecule has 3 aromatic heterocycles. The Morgan fingerprint density at radius 3 is 2.82 bits per heavy atom. The van der Waals surface area contributed by atoms with Gasteiger partial charge in [-0.05, 0) is 24.3 Å². The Morgan fingerprint density at radius 2 is 2.09 bits per heavy atom. The predicted molar refractivity (Wildman–Crippen MR) is 86.7 cm³/mol. The molecule has 0 aromatic carbocycles. The maximum atomic E-state index is 12.3. The number of pyridine rings is 2. The Hall–Kier alpha value is -2.60. The molecular formula is C16H14N4OS. The van der Waals surface area contributed by atoms with Crippen molar-refractivity contribution in [1.29, 1.82) is 0 Å². The van der Waals surface area contributed by atoms with Crippen LogP contribution < -0.4 is 4.90 Å². The van der Waals surface area contributed by atoms with Crippen LogP contribution in [0.5, 0.6) is 0 Å². The number of Topliss-reactive ketones (excluding diaryl/α,β-unsaturated/α-hetero) is 1. The average Bonchev–Trinajstić information content (AvgIpc) is 3.08. The van der Waals surface area contributed by atoms with Crippen molar-refractivity contribution in [2.75, 3.05) is 11.9 Å². The van der Waals surface area contributed by atoms with E-state index in [2.05, 4.69) is 15.0 Å². The second-order valence-corrected chi connectivity index (χ2v) is 5.67. The first-order valence-corrected chi connectivity index (χ1v) is 7.63. The van der Waals surface area contributed by atoms with Crippen LogP contribution in [-0.2, 0) is 6.42 Å². The molecule has 6 heteroatoms. The van der Waals surface area contributed by atoms with E-state index in [0.29, 0.717) is 5.69 Å². The van der Waals surface area contributed by atoms with Gasteiger partial charge >= 0.3 is 0 Å². The molecule has 110 valence electrons. The molecule has 0 fully saturated rings. The van der Waals surface area contributed by atoms with Crippen molar-refractivity contribution in [2.24, 2.45) is 0 Å². The van der Waals surface area contributed by atoms with Gasteiger partial charge in [-0.1, -0.05) is 0 Å². The van der Waals surface area contributed by atoms with Gasteiger partial charge in [-0.2, -0.15) is 0 Å². The maximum absolute atomic E-state index is 12.3. The van der Waals surface area contributed by atoms with E-state index in [0.717, 1.165) is 16.4 Å². The minimum atomic E-state index is -0.0311. The molecule has 0 unspecified atom stereocenters. The van der Waals surface area contributed by atoms with Crippen LogP contribution in [0.2, 0.25) is 0 Å². The van der Waals surface area contributed by atoms with Crippen LogP contribution in [0.15, 0.2) is 54.4 Å². The Balaban J connectivity index is 1.82. The summed E-state index contributed by atoms with van der Waals surface area (Å²) in [7, 11) is 1.93. The number of rotatable bonds is 5. The summed E-state index contributed by atoms with van der Waals surface area (Å²) in [5, 5.41) is 2.67. The Kier molecular flexibility index (Phi) is 4.20. The lowest BCUT2D eigenvalue weighted by molar-refractivity contribution is 0.0988. The normalized spacial score (nSPS) is 10.4. The standard InChI is InChI=1S/C16H14N4OS/c1-20(13-3-2-5-17-11-13)12-4-6-18-14(9-12)15(21)10-16-19-7-8-22-16/h2-9,11H,10H2,1H3. The molecule has 0 atom stereocenters. The molecule has 0 aliphatic heterocycles. The molecule has 0 amide bonds. The summed E-state index contributed by atoms with van der Waals surface area (Å²) >= 11 is 1.47. The zero-order valence-electron chi connectivity index (χ0n) is 12.0. The molecule has 0 spiro atoms. The molecule has 3 rings (SSSR count). The van der Waals surface area contributed by atoms with Gasteiger partial charge in [0.2, 0.25) is 0 Å². The average molecular weight is 310 g/mol. The van der Waals surface area contributed by atoms with Gasteiger partial charge in [0.15, 0.2) is 5.78 Å². The SMILES string of the molecule is CN(c1cccnc1)c1ccnc(C(=O)Cc2nccs2)c1. The summed E-state index contributed by atoms with van der Waals surface area (Å²) in [5.74, 6) is -0.0311. The number of thiazole rings is 1. The van der Waals surface area contributed by atoms with Crippen LogP contribution in [0.25, 0.3) is 0 Å². The highest BCUT2D eigenvalue weighted by Gasteiger charge is 2.12. The maximum Gasteiger partial charge on any atom is 0.188 e. The lowest BCUT2D eigenvalue weighted by Gasteiger charge is -2.19. The summed E-state index contributed by atoms with van der Waals surface area (Å²) in [6.45, 7) is 0. The fraction of sp³-hybridized carbons (Fsp3) is 0.125. The largest absolute Gasteiger partial charge is 0.343 e. The zero-order chi connectivity index (χ0) is 15.4. The summed E-state index contributed by atoms with van der Waals surface area (Å²) in [6, 6.07) is 7.50. The fourth-order valence-corrected chi connectivity index (χ4v) is 2.66. The second-order valence-electron chi connectivity index (χ2n) is 4.70. The minimum Gasteiger partial charge on any atom is -0.343 e. The minimum absolute atomic E-state index is 0.0311. The monoisotopic (exact) mass is 310 g/mol. The van der Waals surface area contributed by atoms with Crippen LogP contribution in [-0.4, -0.2) is 27.8 Å². The summed E-state index contributed by atoms with van der Waals surface area (Å²) in [4.78, 5) is 26.7. The number of carbonyl (C=O) groups excluding carboxylic acids is 1. The van der Waals surface area contributed by atoms with Gasteiger partial charge in [0.05, 0.1) is 18.3 Å². The van der Waals surface area contributed by atoms with Crippen LogP contribution in [0.3, 0.4) is 0 Å². The van der Waals surface area contributed by atoms with E-state index >= 15 is 0 Å². The van der Waals surface area contributed by atoms with Crippen LogP contribution >= 0.6 is 11.3 Å². The first kappa shape index (κ1) is 14.3. The molecule has 0 aliphatic rings. The van der Waals surface area contributed by atoms with Crippen molar-refractivity contribution < 1.29 is 4.79 Å². The van der Waals surface area contributed by atoms with E-state index < -0.39 is 0 Å². The molecule has 3 heterocycles. The molecule has 0 saturated heterocycles. The van der Waals surface area contributed by atoms with Gasteiger partial charge in [-0.3, -0.25) is 14.8 Å². The molecule has 0 saturated carbocycles. The smallest absolute Gasteiger partial charge is 0.188 e. The molecular weight excluding hydrogens is 296 g/mol. The lowest BCUT2D eigenvalue weighted by Crippen LogP contribution is -2.12. The zero-order valence-corrected chi connectivity index (χ0v) is 12.8. The van der Waals surface area contributed by atoms with Crippen molar-refractivity contribution in [1.82, 2.24) is 15.0 Å². The number of anilines is 2. The van der Waals surface area contributed by atoms with Gasteiger partial charge in [0.1, 0.15) is 10.7 Å². The van der Waals surface area contributed by atoms with E-state index in [4.69, 9.17) is 0 Å². The Bertz CT molecular complexity index is 759. The van der Waals surface area contributed by atoms with Gasteiger partial charge < -0.3 is 4.90 Å². The van der Waals surface area contributed by atoms with Crippen molar-refractivity contribution in [3.05, 3.63) is 65.1 Å². The summed E-state index contributed by atoms with van der Waals surface area (Å²) < 4.78 is 0. The van der Waals surface area contributed by atoms with E-state index in [9.17, 15) is 4.79 Å². The quantitative estimate of drug-likeness (QED) is 0.678. The van der Waals surface area contributed by atoms with Crippen molar-refractivity contribution in [3.63, 3.8) is 0 Å². The van der Waals surface area contributed by atoms with Gasteiger partial charge in [-0.15, -0.1) is 11.3 Å². The molecule has 0 aliphatic carbocycles. The molecule has 3 aromatic rings. The highest BCUT2D eigenvalue weighted by Crippen LogP contribution is 2.23. The predicted octanol–water partition coefficient (Wildman–Crippen LogP) is 3.13. The van der Waals surface area contributed by atoms with Gasteiger partial charge in [0, 0.05) is 36.7 Å². The summed E-state index contributed by atoms with van der Waals surface area (Å²) in [5.41, 5.74) is 2.29. The van der Waals surface area contributed by atoms with Crippen LogP contribution in [0.4, 0.5) is 11.4 Å². The number of aromatic nitrogens is 3. The first-order chi connectivity index (χ1) is 10.7. The third-order valence-electron chi connectivity index (χ3n) is 3.24. The second kappa shape index (κ2) is 6.44. The number of hydrogen-bond donors (Lipinski definition) is 0. The first-order valence-electron chi connectivity index (χ1n) is 6.75. The van der Waals surface area contributed by atoms with Gasteiger partial charge in [-0.25, -0.2) is 4.98 Å². The van der Waals surface area contributed by atoms with Crippen LogP contribution in [0.1, 0.15) is 15.5 Å². The molecule has 0 radical (unpaired) electrons. The Morgan fingerprint density at radius 1 is 1.18 bits per heavy atom. The van der Waals surface area contributed by atoms with Crippen LogP contribution in [0, 0.1) is 0 Å².